The van der Waals surface area contributed by atoms with Gasteiger partial charge in [0.25, 0.3) is 0 Å². The van der Waals surface area contributed by atoms with Gasteiger partial charge >= 0.3 is 0 Å². The molecule has 2 aliphatic heterocycles. The highest BCUT2D eigenvalue weighted by atomic mass is 35.5. The summed E-state index contributed by atoms with van der Waals surface area (Å²) in [5.74, 6) is 0.862. The first-order valence-electron chi connectivity index (χ1n) is 7.24. The molecule has 4 rings (SSSR count). The van der Waals surface area contributed by atoms with Gasteiger partial charge in [0.1, 0.15) is 11.9 Å². The summed E-state index contributed by atoms with van der Waals surface area (Å²) in [6, 6.07) is 8.95. The highest BCUT2D eigenvalue weighted by molar-refractivity contribution is 6.42. The molecule has 1 aromatic carbocycles. The van der Waals surface area contributed by atoms with Crippen LogP contribution in [0.1, 0.15) is 24.8 Å². The lowest BCUT2D eigenvalue weighted by atomic mass is 10.2. The molecule has 0 aliphatic carbocycles. The average Bonchev–Trinajstić information content (AvgIpc) is 3.21. The average molecular weight is 337 g/mol. The zero-order chi connectivity index (χ0) is 15.3. The zero-order valence-corrected chi connectivity index (χ0v) is 13.2. The number of carbonyl (C=O) groups is 1. The number of hydrogen-bond acceptors (Lipinski definition) is 3. The molecular weight excluding hydrogens is 323 g/mol. The molecule has 2 aliphatic rings. The summed E-state index contributed by atoms with van der Waals surface area (Å²) in [5.41, 5.74) is 0.746. The minimum absolute atomic E-state index is 0.0791. The van der Waals surface area contributed by atoms with E-state index in [2.05, 4.69) is 4.90 Å². The minimum Gasteiger partial charge on any atom is -0.466 e. The van der Waals surface area contributed by atoms with Gasteiger partial charge in [-0.3, -0.25) is 14.6 Å². The lowest BCUT2D eigenvalue weighted by molar-refractivity contribution is -0.119. The number of furan rings is 1. The normalized spacial score (nSPS) is 25.0. The van der Waals surface area contributed by atoms with Crippen LogP contribution >= 0.6 is 23.2 Å². The van der Waals surface area contributed by atoms with E-state index in [1.54, 1.807) is 23.3 Å². The highest BCUT2D eigenvalue weighted by Crippen LogP contribution is 2.43. The summed E-state index contributed by atoms with van der Waals surface area (Å²) < 4.78 is 5.59. The Balaban J connectivity index is 1.81. The minimum atomic E-state index is -0.216. The molecule has 0 bridgehead atoms. The smallest absolute Gasteiger partial charge is 0.246 e. The van der Waals surface area contributed by atoms with Gasteiger partial charge in [0, 0.05) is 12.2 Å². The molecule has 0 spiro atoms. The van der Waals surface area contributed by atoms with E-state index in [9.17, 15) is 4.79 Å². The van der Waals surface area contributed by atoms with Crippen molar-refractivity contribution in [1.82, 2.24) is 4.90 Å². The third kappa shape index (κ3) is 2.06. The van der Waals surface area contributed by atoms with Gasteiger partial charge in [-0.05, 0) is 43.2 Å². The SMILES string of the molecule is O=C1C2CCCN2C(c2ccco2)N1c1ccc(Cl)c(Cl)c1. The number of benzene rings is 1. The summed E-state index contributed by atoms with van der Waals surface area (Å²) in [7, 11) is 0. The number of fused-ring (bicyclic) bond motifs is 1. The van der Waals surface area contributed by atoms with E-state index in [1.807, 2.05) is 18.2 Å². The van der Waals surface area contributed by atoms with Gasteiger partial charge in [-0.2, -0.15) is 0 Å². The molecule has 0 radical (unpaired) electrons. The van der Waals surface area contributed by atoms with Crippen LogP contribution in [0.25, 0.3) is 0 Å². The highest BCUT2D eigenvalue weighted by Gasteiger charge is 2.50. The van der Waals surface area contributed by atoms with Crippen LogP contribution in [0, 0.1) is 0 Å². The second-order valence-electron chi connectivity index (χ2n) is 5.59. The first-order chi connectivity index (χ1) is 10.7. The van der Waals surface area contributed by atoms with Gasteiger partial charge < -0.3 is 4.42 Å². The Kier molecular flexibility index (Phi) is 3.40. The Morgan fingerprint density at radius 2 is 2.05 bits per heavy atom. The molecule has 0 N–H and O–H groups in total. The van der Waals surface area contributed by atoms with Gasteiger partial charge in [0.15, 0.2) is 0 Å². The third-order valence-electron chi connectivity index (χ3n) is 4.35. The largest absolute Gasteiger partial charge is 0.466 e. The van der Waals surface area contributed by atoms with E-state index in [-0.39, 0.29) is 18.1 Å². The Bertz CT molecular complexity index is 717. The fourth-order valence-electron chi connectivity index (χ4n) is 3.41. The molecule has 2 atom stereocenters. The van der Waals surface area contributed by atoms with E-state index in [0.29, 0.717) is 10.0 Å². The molecule has 2 aromatic rings. The molecule has 2 unspecified atom stereocenters. The fraction of sp³-hybridized carbons (Fsp3) is 0.312. The summed E-state index contributed by atoms with van der Waals surface area (Å²) in [5, 5.41) is 0.921. The van der Waals surface area contributed by atoms with Crippen molar-refractivity contribution in [2.24, 2.45) is 0 Å². The molecule has 1 amide bonds. The molecule has 114 valence electrons. The predicted octanol–water partition coefficient (Wildman–Crippen LogP) is 4.10. The van der Waals surface area contributed by atoms with Gasteiger partial charge in [-0.25, -0.2) is 0 Å². The number of halogens is 2. The van der Waals surface area contributed by atoms with Crippen molar-refractivity contribution >= 4 is 34.8 Å². The van der Waals surface area contributed by atoms with Crippen LogP contribution in [0.4, 0.5) is 5.69 Å². The molecular formula is C16H14Cl2N2O2. The standard InChI is InChI=1S/C16H14Cl2N2O2/c17-11-6-5-10(9-12(11)18)20-15(14-4-2-8-22-14)19-7-1-3-13(19)16(20)21/h2,4-6,8-9,13,15H,1,3,7H2. The summed E-state index contributed by atoms with van der Waals surface area (Å²) >= 11 is 12.1. The van der Waals surface area contributed by atoms with E-state index in [0.717, 1.165) is 30.8 Å². The number of nitrogens with zero attached hydrogens (tertiary/aromatic N) is 2. The van der Waals surface area contributed by atoms with Crippen LogP contribution in [0.5, 0.6) is 0 Å². The zero-order valence-electron chi connectivity index (χ0n) is 11.7. The van der Waals surface area contributed by atoms with Crippen LogP contribution < -0.4 is 4.90 Å². The van der Waals surface area contributed by atoms with Crippen LogP contribution in [0.15, 0.2) is 41.0 Å². The summed E-state index contributed by atoms with van der Waals surface area (Å²) in [6.45, 7) is 0.888. The topological polar surface area (TPSA) is 36.7 Å². The maximum absolute atomic E-state index is 12.9. The van der Waals surface area contributed by atoms with Gasteiger partial charge in [-0.1, -0.05) is 23.2 Å². The Morgan fingerprint density at radius 1 is 1.18 bits per heavy atom. The first-order valence-corrected chi connectivity index (χ1v) is 7.99. The molecule has 6 heteroatoms. The van der Waals surface area contributed by atoms with Crippen LogP contribution in [0.2, 0.25) is 10.0 Å². The van der Waals surface area contributed by atoms with Crippen molar-refractivity contribution in [2.75, 3.05) is 11.4 Å². The van der Waals surface area contributed by atoms with Crippen molar-refractivity contribution < 1.29 is 9.21 Å². The number of carbonyl (C=O) groups excluding carboxylic acids is 1. The second-order valence-corrected chi connectivity index (χ2v) is 6.41. The Morgan fingerprint density at radius 3 is 2.77 bits per heavy atom. The van der Waals surface area contributed by atoms with Crippen LogP contribution in [-0.2, 0) is 4.79 Å². The molecule has 3 heterocycles. The van der Waals surface area contributed by atoms with Crippen molar-refractivity contribution in [3.05, 3.63) is 52.4 Å². The number of amides is 1. The third-order valence-corrected chi connectivity index (χ3v) is 5.09. The molecule has 4 nitrogen and oxygen atoms in total. The number of anilines is 1. The lowest BCUT2D eigenvalue weighted by Crippen LogP contribution is -2.32. The Hall–Kier alpha value is -1.49. The quantitative estimate of drug-likeness (QED) is 0.828. The van der Waals surface area contributed by atoms with Crippen LogP contribution in [-0.4, -0.2) is 23.4 Å². The summed E-state index contributed by atoms with van der Waals surface area (Å²) in [4.78, 5) is 16.8. The second kappa shape index (κ2) is 5.30. The number of rotatable bonds is 2. The lowest BCUT2D eigenvalue weighted by Gasteiger charge is -2.27. The van der Waals surface area contributed by atoms with Gasteiger partial charge in [0.2, 0.25) is 5.91 Å². The van der Waals surface area contributed by atoms with E-state index < -0.39 is 0 Å². The first kappa shape index (κ1) is 14.1. The Labute approximate surface area is 138 Å². The fourth-order valence-corrected chi connectivity index (χ4v) is 3.70. The van der Waals surface area contributed by atoms with E-state index in [1.165, 1.54) is 0 Å². The van der Waals surface area contributed by atoms with Crippen molar-refractivity contribution in [2.45, 2.75) is 25.0 Å². The molecule has 2 fully saturated rings. The predicted molar refractivity (Wildman–Crippen MR) is 85.1 cm³/mol. The molecule has 1 aromatic heterocycles. The number of hydrogen-bond donors (Lipinski definition) is 0. The van der Waals surface area contributed by atoms with Gasteiger partial charge in [-0.15, -0.1) is 0 Å². The molecule has 2 saturated heterocycles. The molecule has 22 heavy (non-hydrogen) atoms. The van der Waals surface area contributed by atoms with Crippen molar-refractivity contribution in [1.29, 1.82) is 0 Å². The molecule has 0 saturated carbocycles. The van der Waals surface area contributed by atoms with Crippen molar-refractivity contribution in [3.63, 3.8) is 0 Å². The van der Waals surface area contributed by atoms with Crippen LogP contribution in [0.3, 0.4) is 0 Å². The van der Waals surface area contributed by atoms with E-state index in [4.69, 9.17) is 27.6 Å². The monoisotopic (exact) mass is 336 g/mol. The van der Waals surface area contributed by atoms with Crippen molar-refractivity contribution in [3.8, 4) is 0 Å². The van der Waals surface area contributed by atoms with Gasteiger partial charge in [0.05, 0.1) is 22.4 Å². The summed E-state index contributed by atoms with van der Waals surface area (Å²) in [6.07, 6.45) is 3.33. The maximum Gasteiger partial charge on any atom is 0.246 e. The maximum atomic E-state index is 12.9. The van der Waals surface area contributed by atoms with E-state index >= 15 is 0 Å².